The molecule has 0 spiro atoms. The number of nitrogens with one attached hydrogen (secondary N) is 2. The molecule has 1 aromatic rings. The highest BCUT2D eigenvalue weighted by molar-refractivity contribution is 7.80. The summed E-state index contributed by atoms with van der Waals surface area (Å²) in [7, 11) is 1.35. The summed E-state index contributed by atoms with van der Waals surface area (Å²) in [6.45, 7) is 3.46. The summed E-state index contributed by atoms with van der Waals surface area (Å²) >= 11 is 11.0. The van der Waals surface area contributed by atoms with Gasteiger partial charge in [0.2, 0.25) is 5.91 Å². The van der Waals surface area contributed by atoms with Crippen LogP contribution in [0, 0.1) is 5.92 Å². The number of ether oxygens (including phenoxy) is 1. The molecule has 0 fully saturated rings. The summed E-state index contributed by atoms with van der Waals surface area (Å²) in [6, 6.07) is 2.65. The zero-order valence-electron chi connectivity index (χ0n) is 11.7. The van der Waals surface area contributed by atoms with Crippen LogP contribution in [0.25, 0.3) is 0 Å². The van der Waals surface area contributed by atoms with Crippen LogP contribution in [0.2, 0.25) is 5.02 Å². The molecule has 114 valence electrons. The average molecular weight is 331 g/mol. The average Bonchev–Trinajstić information content (AvgIpc) is 2.40. The van der Waals surface area contributed by atoms with Gasteiger partial charge in [-0.15, -0.1) is 0 Å². The van der Waals surface area contributed by atoms with Crippen molar-refractivity contribution in [1.82, 2.24) is 5.32 Å². The first-order valence-corrected chi connectivity index (χ1v) is 6.77. The molecule has 0 bridgehead atoms. The second kappa shape index (κ2) is 7.24. The smallest absolute Gasteiger partial charge is 0.339 e. The van der Waals surface area contributed by atoms with E-state index in [1.165, 1.54) is 19.2 Å². The maximum absolute atomic E-state index is 11.5. The summed E-state index contributed by atoms with van der Waals surface area (Å²) in [6.07, 6.45) is 0. The van der Waals surface area contributed by atoms with Crippen molar-refractivity contribution in [1.29, 1.82) is 0 Å². The minimum absolute atomic E-state index is 0.0646. The van der Waals surface area contributed by atoms with Crippen molar-refractivity contribution in [3.05, 3.63) is 22.7 Å². The maximum Gasteiger partial charge on any atom is 0.339 e. The van der Waals surface area contributed by atoms with Crippen LogP contribution in [-0.4, -0.2) is 29.2 Å². The van der Waals surface area contributed by atoms with Gasteiger partial charge in [0.1, 0.15) is 11.3 Å². The minimum atomic E-state index is -1.16. The van der Waals surface area contributed by atoms with Gasteiger partial charge in [0.25, 0.3) is 0 Å². The number of halogens is 1. The number of benzene rings is 1. The van der Waals surface area contributed by atoms with Gasteiger partial charge in [-0.3, -0.25) is 4.79 Å². The molecule has 1 rings (SSSR count). The van der Waals surface area contributed by atoms with Gasteiger partial charge in [0.05, 0.1) is 17.8 Å². The van der Waals surface area contributed by atoms with Gasteiger partial charge in [0, 0.05) is 12.0 Å². The lowest BCUT2D eigenvalue weighted by Gasteiger charge is -2.14. The Morgan fingerprint density at radius 1 is 1.38 bits per heavy atom. The highest BCUT2D eigenvalue weighted by atomic mass is 35.5. The molecule has 6 nitrogen and oxygen atoms in total. The van der Waals surface area contributed by atoms with Crippen LogP contribution in [0.3, 0.4) is 0 Å². The maximum atomic E-state index is 11.5. The lowest BCUT2D eigenvalue weighted by molar-refractivity contribution is -0.122. The Hall–Kier alpha value is -1.86. The molecule has 0 atom stereocenters. The van der Waals surface area contributed by atoms with Crippen molar-refractivity contribution < 1.29 is 19.4 Å². The Morgan fingerprint density at radius 2 is 2.00 bits per heavy atom. The number of carbonyl (C=O) groups excluding carboxylic acids is 1. The van der Waals surface area contributed by atoms with E-state index in [-0.39, 0.29) is 33.3 Å². The Labute approximate surface area is 132 Å². The normalized spacial score (nSPS) is 10.1. The van der Waals surface area contributed by atoms with Crippen molar-refractivity contribution >= 4 is 46.5 Å². The molecule has 0 unspecified atom stereocenters. The predicted octanol–water partition coefficient (Wildman–Crippen LogP) is 2.52. The lowest BCUT2D eigenvalue weighted by atomic mass is 10.2. The van der Waals surface area contributed by atoms with Crippen LogP contribution in [-0.2, 0) is 4.79 Å². The van der Waals surface area contributed by atoms with Crippen LogP contribution < -0.4 is 15.4 Å². The summed E-state index contributed by atoms with van der Waals surface area (Å²) in [5.41, 5.74) is 0.276. The molecule has 1 amide bonds. The van der Waals surface area contributed by atoms with Crippen molar-refractivity contribution in [3.8, 4) is 5.75 Å². The standard InChI is InChI=1S/C13H15ClN2O4S/c1-6(2)11(17)16-13(21)15-9-5-10(20-3)7(12(18)19)4-8(9)14/h4-6H,1-3H3,(H,18,19)(H2,15,16,17,21). The zero-order chi connectivity index (χ0) is 16.2. The molecule has 1 aromatic carbocycles. The monoisotopic (exact) mass is 330 g/mol. The molecule has 0 heterocycles. The van der Waals surface area contributed by atoms with E-state index < -0.39 is 5.97 Å². The summed E-state index contributed by atoms with van der Waals surface area (Å²) in [5, 5.41) is 14.5. The molecule has 0 saturated heterocycles. The van der Waals surface area contributed by atoms with Gasteiger partial charge in [-0.05, 0) is 18.3 Å². The molecule has 0 aromatic heterocycles. The fourth-order valence-electron chi connectivity index (χ4n) is 1.39. The molecule has 21 heavy (non-hydrogen) atoms. The topological polar surface area (TPSA) is 87.7 Å². The molecule has 0 aliphatic heterocycles. The van der Waals surface area contributed by atoms with Gasteiger partial charge in [0.15, 0.2) is 5.11 Å². The van der Waals surface area contributed by atoms with Gasteiger partial charge in [-0.1, -0.05) is 25.4 Å². The second-order valence-corrected chi connectivity index (χ2v) is 5.25. The predicted molar refractivity (Wildman–Crippen MR) is 84.2 cm³/mol. The van der Waals surface area contributed by atoms with E-state index in [0.717, 1.165) is 0 Å². The van der Waals surface area contributed by atoms with Gasteiger partial charge in [-0.2, -0.15) is 0 Å². The van der Waals surface area contributed by atoms with E-state index in [0.29, 0.717) is 5.69 Å². The SMILES string of the molecule is COc1cc(NC(=S)NC(=O)C(C)C)c(Cl)cc1C(=O)O. The third-order valence-corrected chi connectivity index (χ3v) is 3.05. The van der Waals surface area contributed by atoms with E-state index >= 15 is 0 Å². The minimum Gasteiger partial charge on any atom is -0.496 e. The largest absolute Gasteiger partial charge is 0.496 e. The first-order chi connectivity index (χ1) is 9.76. The number of rotatable bonds is 4. The Balaban J connectivity index is 2.96. The number of carboxylic acids is 1. The highest BCUT2D eigenvalue weighted by Crippen LogP contribution is 2.30. The van der Waals surface area contributed by atoms with Gasteiger partial charge in [-0.25, -0.2) is 4.79 Å². The lowest BCUT2D eigenvalue weighted by Crippen LogP contribution is -2.36. The van der Waals surface area contributed by atoms with E-state index in [1.54, 1.807) is 13.8 Å². The van der Waals surface area contributed by atoms with Gasteiger partial charge < -0.3 is 20.5 Å². The quantitative estimate of drug-likeness (QED) is 0.735. The molecule has 0 aliphatic carbocycles. The van der Waals surface area contributed by atoms with Crippen molar-refractivity contribution in [2.75, 3.05) is 12.4 Å². The Morgan fingerprint density at radius 3 is 2.48 bits per heavy atom. The fraction of sp³-hybridized carbons (Fsp3) is 0.308. The number of aromatic carboxylic acids is 1. The molecule has 3 N–H and O–H groups in total. The van der Waals surface area contributed by atoms with E-state index in [9.17, 15) is 9.59 Å². The Kier molecular flexibility index (Phi) is 5.92. The number of hydrogen-bond donors (Lipinski definition) is 3. The van der Waals surface area contributed by atoms with Crippen molar-refractivity contribution in [3.63, 3.8) is 0 Å². The first kappa shape index (κ1) is 17.2. The first-order valence-electron chi connectivity index (χ1n) is 5.99. The number of methoxy groups -OCH3 is 1. The number of carboxylic acid groups (broad SMARTS) is 1. The van der Waals surface area contributed by atoms with E-state index in [4.69, 9.17) is 33.7 Å². The summed E-state index contributed by atoms with van der Waals surface area (Å²) in [4.78, 5) is 22.6. The van der Waals surface area contributed by atoms with Gasteiger partial charge >= 0.3 is 5.97 Å². The molecule has 8 heteroatoms. The van der Waals surface area contributed by atoms with Crippen LogP contribution in [0.4, 0.5) is 5.69 Å². The number of carbonyl (C=O) groups is 2. The highest BCUT2D eigenvalue weighted by Gasteiger charge is 2.16. The number of amides is 1. The van der Waals surface area contributed by atoms with Crippen LogP contribution in [0.1, 0.15) is 24.2 Å². The molecule has 0 saturated carbocycles. The van der Waals surface area contributed by atoms with Crippen molar-refractivity contribution in [2.24, 2.45) is 5.92 Å². The third kappa shape index (κ3) is 4.57. The van der Waals surface area contributed by atoms with Crippen LogP contribution in [0.5, 0.6) is 5.75 Å². The van der Waals surface area contributed by atoms with E-state index in [2.05, 4.69) is 10.6 Å². The number of thiocarbonyl (C=S) groups is 1. The van der Waals surface area contributed by atoms with Crippen LogP contribution >= 0.6 is 23.8 Å². The zero-order valence-corrected chi connectivity index (χ0v) is 13.3. The summed E-state index contributed by atoms with van der Waals surface area (Å²) in [5.74, 6) is -1.48. The number of hydrogen-bond acceptors (Lipinski definition) is 4. The van der Waals surface area contributed by atoms with Crippen LogP contribution in [0.15, 0.2) is 12.1 Å². The third-order valence-electron chi connectivity index (χ3n) is 2.53. The molecular weight excluding hydrogens is 316 g/mol. The molecular formula is C13H15ClN2O4S. The Bertz CT molecular complexity index is 590. The second-order valence-electron chi connectivity index (χ2n) is 4.44. The fourth-order valence-corrected chi connectivity index (χ4v) is 1.82. The number of anilines is 1. The van der Waals surface area contributed by atoms with E-state index in [1.807, 2.05) is 0 Å². The molecule has 0 aliphatic rings. The van der Waals surface area contributed by atoms with Crippen molar-refractivity contribution in [2.45, 2.75) is 13.8 Å². The summed E-state index contributed by atoms with van der Waals surface area (Å²) < 4.78 is 4.99. The molecule has 0 radical (unpaired) electrons.